The molecule has 0 bridgehead atoms. The molecule has 0 aliphatic heterocycles. The lowest BCUT2D eigenvalue weighted by molar-refractivity contribution is -0.115. The van der Waals surface area contributed by atoms with Gasteiger partial charge < -0.3 is 10.6 Å². The van der Waals surface area contributed by atoms with Crippen LogP contribution in [-0.2, 0) is 9.59 Å². The predicted molar refractivity (Wildman–Crippen MR) is 118 cm³/mol. The van der Waals surface area contributed by atoms with E-state index in [1.807, 2.05) is 17.7 Å². The minimum absolute atomic E-state index is 0.113. The Morgan fingerprint density at radius 3 is 2.31 bits per heavy atom. The van der Waals surface area contributed by atoms with E-state index in [2.05, 4.69) is 47.7 Å². The van der Waals surface area contributed by atoms with E-state index in [9.17, 15) is 9.59 Å². The summed E-state index contributed by atoms with van der Waals surface area (Å²) in [7, 11) is 0. The molecule has 0 saturated heterocycles. The highest BCUT2D eigenvalue weighted by molar-refractivity contribution is 8.00. The molecule has 0 saturated carbocycles. The van der Waals surface area contributed by atoms with E-state index < -0.39 is 0 Å². The number of nitrogens with one attached hydrogen (secondary N) is 2. The lowest BCUT2D eigenvalue weighted by Gasteiger charge is -2.15. The molecule has 29 heavy (non-hydrogen) atoms. The molecule has 0 aliphatic rings. The van der Waals surface area contributed by atoms with Gasteiger partial charge in [-0.1, -0.05) is 29.5 Å². The maximum atomic E-state index is 12.6. The number of carbonyl (C=O) groups is 2. The van der Waals surface area contributed by atoms with Crippen LogP contribution in [0.5, 0.6) is 0 Å². The Labute approximate surface area is 174 Å². The molecule has 0 spiro atoms. The number of nitrogens with zero attached hydrogens (tertiary/aromatic N) is 2. The minimum Gasteiger partial charge on any atom is -0.326 e. The van der Waals surface area contributed by atoms with Crippen LogP contribution in [0.2, 0.25) is 0 Å². The third kappa shape index (κ3) is 5.26. The molecule has 1 unspecified atom stereocenters. The molecule has 3 aromatic rings. The van der Waals surface area contributed by atoms with Gasteiger partial charge >= 0.3 is 0 Å². The standard InChI is InChI=1S/C22H24N4O2S/c1-14-5-10-20(15(2)13-14)26-12-11-23-22(26)29-16(3)21(28)25-19-8-6-18(7-9-19)24-17(4)27/h5-13,16H,1-4H3,(H,24,27)(H,25,28). The van der Waals surface area contributed by atoms with Crippen molar-refractivity contribution < 1.29 is 9.59 Å². The number of aromatic nitrogens is 2. The van der Waals surface area contributed by atoms with E-state index in [1.165, 1.54) is 24.2 Å². The van der Waals surface area contributed by atoms with Crippen LogP contribution >= 0.6 is 11.8 Å². The molecule has 0 aliphatic carbocycles. The number of amides is 2. The highest BCUT2D eigenvalue weighted by Gasteiger charge is 2.18. The van der Waals surface area contributed by atoms with Crippen molar-refractivity contribution in [2.75, 3.05) is 10.6 Å². The number of carbonyl (C=O) groups excluding carboxylic acids is 2. The summed E-state index contributed by atoms with van der Waals surface area (Å²) in [5.41, 5.74) is 4.78. The molecule has 1 aromatic heterocycles. The van der Waals surface area contributed by atoms with Crippen LogP contribution < -0.4 is 10.6 Å². The predicted octanol–water partition coefficient (Wildman–Crippen LogP) is 4.57. The average molecular weight is 409 g/mol. The SMILES string of the molecule is CC(=O)Nc1ccc(NC(=O)C(C)Sc2nccn2-c2ccc(C)cc2C)cc1. The zero-order chi connectivity index (χ0) is 21.0. The van der Waals surface area contributed by atoms with Gasteiger partial charge in [-0.2, -0.15) is 0 Å². The van der Waals surface area contributed by atoms with Crippen molar-refractivity contribution in [2.45, 2.75) is 38.1 Å². The summed E-state index contributed by atoms with van der Waals surface area (Å²) in [4.78, 5) is 28.1. The maximum absolute atomic E-state index is 12.6. The summed E-state index contributed by atoms with van der Waals surface area (Å²) >= 11 is 1.41. The van der Waals surface area contributed by atoms with Gasteiger partial charge in [0.15, 0.2) is 5.16 Å². The summed E-state index contributed by atoms with van der Waals surface area (Å²) in [5, 5.41) is 6.03. The van der Waals surface area contributed by atoms with Crippen LogP contribution in [-0.4, -0.2) is 26.6 Å². The summed E-state index contributed by atoms with van der Waals surface area (Å²) < 4.78 is 2.01. The van der Waals surface area contributed by atoms with Crippen molar-refractivity contribution in [2.24, 2.45) is 0 Å². The summed E-state index contributed by atoms with van der Waals surface area (Å²) in [6.07, 6.45) is 3.65. The van der Waals surface area contributed by atoms with E-state index >= 15 is 0 Å². The van der Waals surface area contributed by atoms with Gasteiger partial charge in [0.2, 0.25) is 11.8 Å². The van der Waals surface area contributed by atoms with E-state index in [4.69, 9.17) is 0 Å². The molecule has 1 atom stereocenters. The van der Waals surface area contributed by atoms with Crippen molar-refractivity contribution in [3.05, 3.63) is 66.0 Å². The van der Waals surface area contributed by atoms with Gasteiger partial charge in [0.05, 0.1) is 10.9 Å². The molecule has 3 rings (SSSR count). The molecule has 2 N–H and O–H groups in total. The van der Waals surface area contributed by atoms with Crippen LogP contribution in [0.4, 0.5) is 11.4 Å². The van der Waals surface area contributed by atoms with Gasteiger partial charge in [0.25, 0.3) is 0 Å². The first-order chi connectivity index (χ1) is 13.8. The Bertz CT molecular complexity index is 1030. The maximum Gasteiger partial charge on any atom is 0.237 e. The second-order valence-electron chi connectivity index (χ2n) is 6.88. The number of benzene rings is 2. The van der Waals surface area contributed by atoms with Crippen molar-refractivity contribution in [3.8, 4) is 5.69 Å². The average Bonchev–Trinajstić information content (AvgIpc) is 3.10. The highest BCUT2D eigenvalue weighted by Crippen LogP contribution is 2.27. The number of hydrogen-bond donors (Lipinski definition) is 2. The summed E-state index contributed by atoms with van der Waals surface area (Å²) in [6, 6.07) is 13.3. The van der Waals surface area contributed by atoms with Gasteiger partial charge in [0, 0.05) is 30.7 Å². The van der Waals surface area contributed by atoms with Crippen LogP contribution in [0, 0.1) is 13.8 Å². The Hall–Kier alpha value is -3.06. The monoisotopic (exact) mass is 408 g/mol. The Morgan fingerprint density at radius 1 is 1.03 bits per heavy atom. The third-order valence-corrected chi connectivity index (χ3v) is 5.42. The molecule has 2 amide bonds. The van der Waals surface area contributed by atoms with Crippen LogP contribution in [0.3, 0.4) is 0 Å². The van der Waals surface area contributed by atoms with Gasteiger partial charge in [-0.3, -0.25) is 14.2 Å². The number of aryl methyl sites for hydroxylation is 2. The van der Waals surface area contributed by atoms with Crippen LogP contribution in [0.15, 0.2) is 60.0 Å². The van der Waals surface area contributed by atoms with E-state index in [-0.39, 0.29) is 17.1 Å². The van der Waals surface area contributed by atoms with Crippen LogP contribution in [0.25, 0.3) is 5.69 Å². The van der Waals surface area contributed by atoms with Gasteiger partial charge in [0.1, 0.15) is 0 Å². The molecule has 6 nitrogen and oxygen atoms in total. The van der Waals surface area contributed by atoms with Gasteiger partial charge in [-0.25, -0.2) is 4.98 Å². The van der Waals surface area contributed by atoms with Crippen molar-refractivity contribution in [1.29, 1.82) is 0 Å². The Kier molecular flexibility index (Phi) is 6.39. The first kappa shape index (κ1) is 20.7. The molecular formula is C22H24N4O2S. The lowest BCUT2D eigenvalue weighted by Crippen LogP contribution is -2.22. The normalized spacial score (nSPS) is 11.7. The van der Waals surface area contributed by atoms with Crippen molar-refractivity contribution in [3.63, 3.8) is 0 Å². The fraction of sp³-hybridized carbons (Fsp3) is 0.227. The molecule has 0 fully saturated rings. The molecule has 7 heteroatoms. The van der Waals surface area contributed by atoms with Crippen molar-refractivity contribution >= 4 is 35.0 Å². The van der Waals surface area contributed by atoms with E-state index in [0.29, 0.717) is 11.4 Å². The van der Waals surface area contributed by atoms with E-state index in [0.717, 1.165) is 16.4 Å². The summed E-state index contributed by atoms with van der Waals surface area (Å²) in [5.74, 6) is -0.247. The number of thioether (sulfide) groups is 1. The van der Waals surface area contributed by atoms with E-state index in [1.54, 1.807) is 30.5 Å². The van der Waals surface area contributed by atoms with Gasteiger partial charge in [-0.05, 0) is 56.7 Å². The first-order valence-corrected chi connectivity index (χ1v) is 10.2. The summed E-state index contributed by atoms with van der Waals surface area (Å²) in [6.45, 7) is 7.44. The molecule has 2 aromatic carbocycles. The highest BCUT2D eigenvalue weighted by atomic mass is 32.2. The fourth-order valence-corrected chi connectivity index (χ4v) is 3.81. The number of anilines is 2. The first-order valence-electron chi connectivity index (χ1n) is 9.29. The van der Waals surface area contributed by atoms with Gasteiger partial charge in [-0.15, -0.1) is 0 Å². The Morgan fingerprint density at radius 2 is 1.69 bits per heavy atom. The quantitative estimate of drug-likeness (QED) is 0.586. The van der Waals surface area contributed by atoms with Crippen molar-refractivity contribution in [1.82, 2.24) is 9.55 Å². The minimum atomic E-state index is -0.336. The molecule has 0 radical (unpaired) electrons. The third-order valence-electron chi connectivity index (χ3n) is 4.34. The molecular weight excluding hydrogens is 384 g/mol. The second-order valence-corrected chi connectivity index (χ2v) is 8.19. The molecule has 1 heterocycles. The number of rotatable bonds is 6. The topological polar surface area (TPSA) is 76.0 Å². The lowest BCUT2D eigenvalue weighted by atomic mass is 10.1. The second kappa shape index (κ2) is 8.96. The fourth-order valence-electron chi connectivity index (χ4n) is 2.93. The number of hydrogen-bond acceptors (Lipinski definition) is 4. The zero-order valence-corrected chi connectivity index (χ0v) is 17.7. The van der Waals surface area contributed by atoms with Crippen LogP contribution in [0.1, 0.15) is 25.0 Å². The molecule has 150 valence electrons. The smallest absolute Gasteiger partial charge is 0.237 e. The zero-order valence-electron chi connectivity index (χ0n) is 16.9. The number of imidazole rings is 1. The largest absolute Gasteiger partial charge is 0.326 e. The Balaban J connectivity index is 1.68.